The summed E-state index contributed by atoms with van der Waals surface area (Å²) in [5.74, 6) is 0.463. The Kier molecular flexibility index (Phi) is 5.30. The van der Waals surface area contributed by atoms with Crippen molar-refractivity contribution in [2.45, 2.75) is 33.1 Å². The van der Waals surface area contributed by atoms with Crippen LogP contribution in [0.1, 0.15) is 33.4 Å². The molecule has 1 aromatic heterocycles. The third-order valence-corrected chi connectivity index (χ3v) is 3.26. The molecule has 1 N–H and O–H groups in total. The van der Waals surface area contributed by atoms with Crippen molar-refractivity contribution in [3.8, 4) is 6.07 Å². The van der Waals surface area contributed by atoms with Crippen LogP contribution in [0.2, 0.25) is 0 Å². The third kappa shape index (κ3) is 4.12. The van der Waals surface area contributed by atoms with Crippen LogP contribution in [0.4, 0.5) is 0 Å². The van der Waals surface area contributed by atoms with Crippen molar-refractivity contribution in [3.05, 3.63) is 30.1 Å². The number of rotatable bonds is 6. The zero-order chi connectivity index (χ0) is 13.6. The van der Waals surface area contributed by atoms with E-state index in [0.29, 0.717) is 5.92 Å². The summed E-state index contributed by atoms with van der Waals surface area (Å²) >= 11 is 0. The van der Waals surface area contributed by atoms with Gasteiger partial charge in [0.25, 0.3) is 0 Å². The first-order chi connectivity index (χ1) is 8.47. The van der Waals surface area contributed by atoms with Crippen molar-refractivity contribution >= 4 is 0 Å². The molecule has 0 aliphatic carbocycles. The Morgan fingerprint density at radius 3 is 2.61 bits per heavy atom. The molecule has 3 heteroatoms. The number of nitrogens with zero attached hydrogens (tertiary/aromatic N) is 2. The maximum atomic E-state index is 9.04. The molecule has 1 heterocycles. The van der Waals surface area contributed by atoms with Gasteiger partial charge in [0, 0.05) is 30.4 Å². The second-order valence-electron chi connectivity index (χ2n) is 5.71. The van der Waals surface area contributed by atoms with E-state index in [1.54, 1.807) is 0 Å². The van der Waals surface area contributed by atoms with E-state index in [1.165, 1.54) is 0 Å². The Labute approximate surface area is 110 Å². The van der Waals surface area contributed by atoms with E-state index in [2.05, 4.69) is 44.1 Å². The van der Waals surface area contributed by atoms with Gasteiger partial charge in [0.15, 0.2) is 0 Å². The fourth-order valence-corrected chi connectivity index (χ4v) is 1.82. The molecule has 0 aliphatic rings. The lowest BCUT2D eigenvalue weighted by atomic mass is 9.88. The molecule has 0 fully saturated rings. The summed E-state index contributed by atoms with van der Waals surface area (Å²) in [5, 5.41) is 12.4. The molecular formula is C15H23N3. The van der Waals surface area contributed by atoms with Crippen molar-refractivity contribution < 1.29 is 0 Å². The minimum Gasteiger partial charge on any atom is -0.314 e. The first-order valence-electron chi connectivity index (χ1n) is 6.49. The van der Waals surface area contributed by atoms with E-state index < -0.39 is 0 Å². The lowest BCUT2D eigenvalue weighted by molar-refractivity contribution is 0.398. The zero-order valence-corrected chi connectivity index (χ0v) is 11.8. The van der Waals surface area contributed by atoms with Crippen LogP contribution in [-0.2, 0) is 5.41 Å². The topological polar surface area (TPSA) is 48.7 Å². The molecule has 1 aromatic rings. The highest BCUT2D eigenvalue weighted by molar-refractivity contribution is 5.15. The molecule has 98 valence electrons. The first-order valence-corrected chi connectivity index (χ1v) is 6.49. The summed E-state index contributed by atoms with van der Waals surface area (Å²) in [6, 6.07) is 8.34. The van der Waals surface area contributed by atoms with Crippen molar-refractivity contribution in [3.63, 3.8) is 0 Å². The Morgan fingerprint density at radius 1 is 1.39 bits per heavy atom. The Balaban J connectivity index is 2.51. The minimum absolute atomic E-state index is 0.0156. The van der Waals surface area contributed by atoms with E-state index in [0.717, 1.165) is 18.8 Å². The normalized spacial score (nSPS) is 13.3. The van der Waals surface area contributed by atoms with Gasteiger partial charge in [-0.15, -0.1) is 0 Å². The molecule has 0 amide bonds. The molecular weight excluding hydrogens is 222 g/mol. The summed E-state index contributed by atoms with van der Waals surface area (Å²) in [6.45, 7) is 10.1. The van der Waals surface area contributed by atoms with E-state index in [1.807, 2.05) is 24.4 Å². The fourth-order valence-electron chi connectivity index (χ4n) is 1.82. The maximum Gasteiger partial charge on any atom is 0.0671 e. The predicted octanol–water partition coefficient (Wildman–Crippen LogP) is 2.74. The van der Waals surface area contributed by atoms with E-state index in [4.69, 9.17) is 5.26 Å². The van der Waals surface area contributed by atoms with Crippen LogP contribution in [0.5, 0.6) is 0 Å². The number of aromatic nitrogens is 1. The van der Waals surface area contributed by atoms with Gasteiger partial charge in [-0.25, -0.2) is 0 Å². The van der Waals surface area contributed by atoms with E-state index in [-0.39, 0.29) is 11.3 Å². The number of nitrogens with one attached hydrogen (secondary N) is 1. The monoisotopic (exact) mass is 245 g/mol. The average Bonchev–Trinajstić information content (AvgIpc) is 2.35. The van der Waals surface area contributed by atoms with Crippen LogP contribution in [0, 0.1) is 23.2 Å². The minimum atomic E-state index is -0.0156. The van der Waals surface area contributed by atoms with Gasteiger partial charge in [-0.3, -0.25) is 4.98 Å². The maximum absolute atomic E-state index is 9.04. The van der Waals surface area contributed by atoms with Gasteiger partial charge in [-0.05, 0) is 18.1 Å². The molecule has 0 aromatic carbocycles. The Morgan fingerprint density at radius 2 is 2.11 bits per heavy atom. The van der Waals surface area contributed by atoms with Crippen molar-refractivity contribution in [1.29, 1.82) is 5.26 Å². The summed E-state index contributed by atoms with van der Waals surface area (Å²) in [5.41, 5.74) is 1.06. The van der Waals surface area contributed by atoms with Crippen LogP contribution in [0.25, 0.3) is 0 Å². The van der Waals surface area contributed by atoms with Gasteiger partial charge in [0.1, 0.15) is 0 Å². The summed E-state index contributed by atoms with van der Waals surface area (Å²) in [4.78, 5) is 4.40. The van der Waals surface area contributed by atoms with Crippen molar-refractivity contribution in [2.75, 3.05) is 13.1 Å². The Bertz CT molecular complexity index is 390. The van der Waals surface area contributed by atoms with Gasteiger partial charge in [0.2, 0.25) is 0 Å². The molecule has 1 rings (SSSR count). The molecule has 1 atom stereocenters. The zero-order valence-electron chi connectivity index (χ0n) is 11.8. The van der Waals surface area contributed by atoms with Crippen LogP contribution in [0.15, 0.2) is 24.4 Å². The van der Waals surface area contributed by atoms with Gasteiger partial charge in [-0.2, -0.15) is 5.26 Å². The summed E-state index contributed by atoms with van der Waals surface area (Å²) in [7, 11) is 0. The first kappa shape index (κ1) is 14.7. The largest absolute Gasteiger partial charge is 0.314 e. The van der Waals surface area contributed by atoms with Crippen LogP contribution >= 0.6 is 0 Å². The fraction of sp³-hybridized carbons (Fsp3) is 0.600. The summed E-state index contributed by atoms with van der Waals surface area (Å²) < 4.78 is 0. The van der Waals surface area contributed by atoms with E-state index in [9.17, 15) is 0 Å². The number of hydrogen-bond donors (Lipinski definition) is 1. The van der Waals surface area contributed by atoms with Crippen molar-refractivity contribution in [1.82, 2.24) is 10.3 Å². The molecule has 0 spiro atoms. The lowest BCUT2D eigenvalue weighted by Gasteiger charge is -2.25. The second-order valence-corrected chi connectivity index (χ2v) is 5.71. The summed E-state index contributed by atoms with van der Waals surface area (Å²) in [6.07, 6.45) is 1.82. The quantitative estimate of drug-likeness (QED) is 0.838. The Hall–Kier alpha value is -1.40. The van der Waals surface area contributed by atoms with Crippen LogP contribution < -0.4 is 5.32 Å². The number of hydrogen-bond acceptors (Lipinski definition) is 3. The highest BCUT2D eigenvalue weighted by Gasteiger charge is 2.22. The standard InChI is InChI=1S/C15H23N3/c1-12(2)13(9-16)10-17-11-15(3,4)14-7-5-6-8-18-14/h5-8,12-13,17H,10-11H2,1-4H3. The second kappa shape index (κ2) is 6.51. The average molecular weight is 245 g/mol. The molecule has 18 heavy (non-hydrogen) atoms. The molecule has 0 bridgehead atoms. The van der Waals surface area contributed by atoms with Gasteiger partial charge in [-0.1, -0.05) is 33.8 Å². The smallest absolute Gasteiger partial charge is 0.0671 e. The predicted molar refractivity (Wildman–Crippen MR) is 74.1 cm³/mol. The van der Waals surface area contributed by atoms with Gasteiger partial charge >= 0.3 is 0 Å². The molecule has 1 unspecified atom stereocenters. The van der Waals surface area contributed by atoms with Crippen LogP contribution in [0.3, 0.4) is 0 Å². The van der Waals surface area contributed by atoms with Gasteiger partial charge < -0.3 is 5.32 Å². The number of pyridine rings is 1. The molecule has 0 aliphatic heterocycles. The lowest BCUT2D eigenvalue weighted by Crippen LogP contribution is -2.36. The van der Waals surface area contributed by atoms with E-state index >= 15 is 0 Å². The van der Waals surface area contributed by atoms with Crippen LogP contribution in [-0.4, -0.2) is 18.1 Å². The molecule has 0 saturated carbocycles. The molecule has 0 saturated heterocycles. The highest BCUT2D eigenvalue weighted by Crippen LogP contribution is 2.19. The SMILES string of the molecule is CC(C)C(C#N)CNCC(C)(C)c1ccccn1. The molecule has 3 nitrogen and oxygen atoms in total. The van der Waals surface area contributed by atoms with Crippen molar-refractivity contribution in [2.24, 2.45) is 11.8 Å². The molecule has 0 radical (unpaired) electrons. The van der Waals surface area contributed by atoms with Gasteiger partial charge in [0.05, 0.1) is 12.0 Å². The third-order valence-electron chi connectivity index (χ3n) is 3.26. The number of nitriles is 1. The highest BCUT2D eigenvalue weighted by atomic mass is 14.9.